The van der Waals surface area contributed by atoms with Crippen LogP contribution in [0.3, 0.4) is 0 Å². The van der Waals surface area contributed by atoms with Crippen LogP contribution in [-0.2, 0) is 16.1 Å². The number of nitrogens with one attached hydrogen (secondary N) is 1. The van der Waals surface area contributed by atoms with Gasteiger partial charge in [-0.2, -0.15) is 0 Å². The first-order chi connectivity index (χ1) is 8.35. The van der Waals surface area contributed by atoms with E-state index in [9.17, 15) is 9.59 Å². The Bertz CT molecular complexity index is 495. The largest absolute Gasteiger partial charge is 0.481 e. The maximum absolute atomic E-state index is 12.0. The fraction of sp³-hybridized carbons (Fsp3) is 0.583. The summed E-state index contributed by atoms with van der Waals surface area (Å²) in [6, 6.07) is 0. The highest BCUT2D eigenvalue weighted by Crippen LogP contribution is 2.58. The number of carbonyl (C=O) groups excluding carboxylic acids is 1. The third-order valence-electron chi connectivity index (χ3n) is 3.64. The predicted octanol–water partition coefficient (Wildman–Crippen LogP) is 1.42. The molecule has 0 bridgehead atoms. The van der Waals surface area contributed by atoms with Crippen molar-refractivity contribution in [2.24, 2.45) is 17.3 Å². The molecule has 1 aromatic heterocycles. The van der Waals surface area contributed by atoms with Gasteiger partial charge < -0.3 is 10.4 Å². The zero-order valence-electron chi connectivity index (χ0n) is 10.6. The van der Waals surface area contributed by atoms with Crippen molar-refractivity contribution >= 4 is 23.2 Å². The number of aromatic nitrogens is 1. The molecular formula is C12H16N2O3S. The van der Waals surface area contributed by atoms with Crippen molar-refractivity contribution in [3.05, 3.63) is 16.1 Å². The van der Waals surface area contributed by atoms with E-state index in [1.807, 2.05) is 20.8 Å². The van der Waals surface area contributed by atoms with Crippen LogP contribution in [0.5, 0.6) is 0 Å². The minimum Gasteiger partial charge on any atom is -0.481 e. The Morgan fingerprint density at radius 1 is 1.50 bits per heavy atom. The highest BCUT2D eigenvalue weighted by atomic mass is 32.1. The summed E-state index contributed by atoms with van der Waals surface area (Å²) in [4.78, 5) is 28.1. The lowest BCUT2D eigenvalue weighted by Crippen LogP contribution is -2.26. The van der Waals surface area contributed by atoms with Gasteiger partial charge in [0.05, 0.1) is 29.6 Å². The van der Waals surface area contributed by atoms with Crippen LogP contribution < -0.4 is 5.32 Å². The number of thiazole rings is 1. The van der Waals surface area contributed by atoms with E-state index in [1.54, 1.807) is 5.51 Å². The van der Waals surface area contributed by atoms with Crippen LogP contribution in [0.15, 0.2) is 5.51 Å². The molecule has 2 rings (SSSR count). The van der Waals surface area contributed by atoms with Crippen molar-refractivity contribution in [3.8, 4) is 0 Å². The van der Waals surface area contributed by atoms with E-state index in [4.69, 9.17) is 5.11 Å². The number of aliphatic carboxylic acids is 1. The summed E-state index contributed by atoms with van der Waals surface area (Å²) in [5.41, 5.74) is 2.20. The molecule has 1 amide bonds. The molecule has 1 saturated carbocycles. The van der Waals surface area contributed by atoms with Gasteiger partial charge in [0.1, 0.15) is 0 Å². The highest BCUT2D eigenvalue weighted by Gasteiger charge is 2.65. The molecule has 0 unspecified atom stereocenters. The summed E-state index contributed by atoms with van der Waals surface area (Å²) in [5.74, 6) is -2.07. The number of carbonyl (C=O) groups is 2. The van der Waals surface area contributed by atoms with Crippen molar-refractivity contribution in [2.75, 3.05) is 0 Å². The molecule has 0 aromatic carbocycles. The quantitative estimate of drug-likeness (QED) is 0.865. The van der Waals surface area contributed by atoms with Crippen molar-refractivity contribution in [1.29, 1.82) is 0 Å². The number of hydrogen-bond donors (Lipinski definition) is 2. The fourth-order valence-corrected chi connectivity index (χ4v) is 3.08. The molecule has 5 nitrogen and oxygen atoms in total. The fourth-order valence-electron chi connectivity index (χ4n) is 2.36. The predicted molar refractivity (Wildman–Crippen MR) is 67.1 cm³/mol. The number of hydrogen-bond acceptors (Lipinski definition) is 4. The standard InChI is InChI=1S/C12H16N2O3S/c1-6-7(18-5-14-6)4-13-10(15)8-9(11(16)17)12(8,2)3/h5,8-9H,4H2,1-3H3,(H,13,15)(H,16,17)/t8-,9+/m1/s1. The summed E-state index contributed by atoms with van der Waals surface area (Å²) in [6.45, 7) is 5.94. The van der Waals surface area contributed by atoms with Gasteiger partial charge in [-0.1, -0.05) is 13.8 Å². The Morgan fingerprint density at radius 2 is 2.17 bits per heavy atom. The van der Waals surface area contributed by atoms with E-state index in [0.29, 0.717) is 6.54 Å². The first-order valence-electron chi connectivity index (χ1n) is 5.75. The number of carboxylic acid groups (broad SMARTS) is 1. The first kappa shape index (κ1) is 13.0. The zero-order chi connectivity index (χ0) is 13.5. The van der Waals surface area contributed by atoms with Crippen molar-refractivity contribution in [3.63, 3.8) is 0 Å². The smallest absolute Gasteiger partial charge is 0.307 e. The van der Waals surface area contributed by atoms with Crippen LogP contribution in [0.4, 0.5) is 0 Å². The second-order valence-corrected chi connectivity index (χ2v) is 6.13. The number of aryl methyl sites for hydroxylation is 1. The summed E-state index contributed by atoms with van der Waals surface area (Å²) in [7, 11) is 0. The monoisotopic (exact) mass is 268 g/mol. The normalized spacial score (nSPS) is 24.6. The maximum Gasteiger partial charge on any atom is 0.307 e. The van der Waals surface area contributed by atoms with Crippen molar-refractivity contribution in [1.82, 2.24) is 10.3 Å². The molecule has 0 aliphatic heterocycles. The molecule has 1 heterocycles. The summed E-state index contributed by atoms with van der Waals surface area (Å²) in [6.07, 6.45) is 0. The van der Waals surface area contributed by atoms with Gasteiger partial charge in [0, 0.05) is 4.88 Å². The van der Waals surface area contributed by atoms with Gasteiger partial charge in [-0.15, -0.1) is 11.3 Å². The Morgan fingerprint density at radius 3 is 2.61 bits per heavy atom. The average Bonchev–Trinajstić information content (AvgIpc) is 2.62. The third kappa shape index (κ3) is 2.12. The molecule has 1 aromatic rings. The number of carboxylic acids is 1. The summed E-state index contributed by atoms with van der Waals surface area (Å²) < 4.78 is 0. The lowest BCUT2D eigenvalue weighted by atomic mass is 10.1. The second kappa shape index (κ2) is 4.35. The molecule has 6 heteroatoms. The third-order valence-corrected chi connectivity index (χ3v) is 4.58. The molecule has 0 saturated heterocycles. The van der Waals surface area contributed by atoms with E-state index in [0.717, 1.165) is 10.6 Å². The van der Waals surface area contributed by atoms with Crippen LogP contribution >= 0.6 is 11.3 Å². The van der Waals surface area contributed by atoms with E-state index < -0.39 is 23.2 Å². The Balaban J connectivity index is 1.94. The molecule has 1 aliphatic rings. The van der Waals surface area contributed by atoms with Crippen LogP contribution in [0.2, 0.25) is 0 Å². The van der Waals surface area contributed by atoms with Crippen LogP contribution in [0.1, 0.15) is 24.4 Å². The molecule has 0 radical (unpaired) electrons. The van der Waals surface area contributed by atoms with Gasteiger partial charge in [0.25, 0.3) is 0 Å². The molecule has 98 valence electrons. The second-order valence-electron chi connectivity index (χ2n) is 5.19. The van der Waals surface area contributed by atoms with Gasteiger partial charge in [-0.05, 0) is 12.3 Å². The number of rotatable bonds is 4. The highest BCUT2D eigenvalue weighted by molar-refractivity contribution is 7.09. The molecule has 0 spiro atoms. The van der Waals surface area contributed by atoms with Gasteiger partial charge in [-0.25, -0.2) is 4.98 Å². The Labute approximate surface area is 109 Å². The van der Waals surface area contributed by atoms with Gasteiger partial charge >= 0.3 is 5.97 Å². The molecule has 1 fully saturated rings. The molecule has 2 atom stereocenters. The van der Waals surface area contributed by atoms with E-state index in [1.165, 1.54) is 11.3 Å². The van der Waals surface area contributed by atoms with Crippen molar-refractivity contribution < 1.29 is 14.7 Å². The van der Waals surface area contributed by atoms with Gasteiger partial charge in [0.2, 0.25) is 5.91 Å². The van der Waals surface area contributed by atoms with E-state index in [-0.39, 0.29) is 5.91 Å². The van der Waals surface area contributed by atoms with E-state index in [2.05, 4.69) is 10.3 Å². The minimum atomic E-state index is -0.894. The summed E-state index contributed by atoms with van der Waals surface area (Å²) in [5, 5.41) is 11.8. The lowest BCUT2D eigenvalue weighted by Gasteiger charge is -2.04. The summed E-state index contributed by atoms with van der Waals surface area (Å²) >= 11 is 1.49. The average molecular weight is 268 g/mol. The topological polar surface area (TPSA) is 79.3 Å². The van der Waals surface area contributed by atoms with Crippen LogP contribution in [-0.4, -0.2) is 22.0 Å². The Kier molecular flexibility index (Phi) is 3.14. The zero-order valence-corrected chi connectivity index (χ0v) is 11.4. The SMILES string of the molecule is Cc1ncsc1CNC(=O)[C@H]1[C@@H](C(=O)O)C1(C)C. The first-order valence-corrected chi connectivity index (χ1v) is 6.63. The molecule has 18 heavy (non-hydrogen) atoms. The molecule has 1 aliphatic carbocycles. The van der Waals surface area contributed by atoms with Crippen LogP contribution in [0.25, 0.3) is 0 Å². The lowest BCUT2D eigenvalue weighted by molar-refractivity contribution is -0.140. The van der Waals surface area contributed by atoms with E-state index >= 15 is 0 Å². The molecular weight excluding hydrogens is 252 g/mol. The maximum atomic E-state index is 12.0. The van der Waals surface area contributed by atoms with Gasteiger partial charge in [0.15, 0.2) is 0 Å². The van der Waals surface area contributed by atoms with Gasteiger partial charge in [-0.3, -0.25) is 9.59 Å². The number of nitrogens with zero attached hydrogens (tertiary/aromatic N) is 1. The van der Waals surface area contributed by atoms with Crippen molar-refractivity contribution in [2.45, 2.75) is 27.3 Å². The minimum absolute atomic E-state index is 0.180. The Hall–Kier alpha value is -1.43. The molecule has 2 N–H and O–H groups in total. The number of amides is 1. The van der Waals surface area contributed by atoms with Crippen LogP contribution in [0, 0.1) is 24.2 Å².